The largest absolute Gasteiger partial charge is 0.494 e. The van der Waals surface area contributed by atoms with Crippen LogP contribution in [0.2, 0.25) is 0 Å². The normalized spacial score (nSPS) is 18.9. The Morgan fingerprint density at radius 2 is 1.69 bits per heavy atom. The zero-order chi connectivity index (χ0) is 20.6. The predicted octanol–water partition coefficient (Wildman–Crippen LogP) is 4.39. The Kier molecular flexibility index (Phi) is 8.19. The second kappa shape index (κ2) is 10.8. The number of carbonyl (C=O) groups excluding carboxylic acids is 2. The molecule has 0 aromatic heterocycles. The minimum absolute atomic E-state index is 0.0234. The Morgan fingerprint density at radius 3 is 2.31 bits per heavy atom. The monoisotopic (exact) mass is 417 g/mol. The van der Waals surface area contributed by atoms with Crippen molar-refractivity contribution in [1.29, 1.82) is 0 Å². The predicted molar refractivity (Wildman–Crippen MR) is 117 cm³/mol. The molecule has 0 atom stereocenters. The van der Waals surface area contributed by atoms with Crippen LogP contribution in [0.4, 0.5) is 0 Å². The summed E-state index contributed by atoms with van der Waals surface area (Å²) in [5.74, 6) is 0.770. The summed E-state index contributed by atoms with van der Waals surface area (Å²) in [6, 6.07) is 7.38. The van der Waals surface area contributed by atoms with E-state index in [0.29, 0.717) is 22.8 Å². The van der Waals surface area contributed by atoms with Gasteiger partial charge in [0.05, 0.1) is 23.7 Å². The first-order valence-corrected chi connectivity index (χ1v) is 11.7. The molecule has 29 heavy (non-hydrogen) atoms. The maximum Gasteiger partial charge on any atom is 0.268 e. The number of thioether (sulfide) groups is 1. The number of aliphatic hydroxyl groups is 1. The maximum atomic E-state index is 13.4. The first kappa shape index (κ1) is 21.9. The molecule has 0 bridgehead atoms. The van der Waals surface area contributed by atoms with Crippen molar-refractivity contribution >= 4 is 29.1 Å². The third-order valence-electron chi connectivity index (χ3n) is 5.47. The lowest BCUT2D eigenvalue weighted by molar-refractivity contribution is -0.139. The fraction of sp³-hybridized carbons (Fsp3) is 0.565. The smallest absolute Gasteiger partial charge is 0.268 e. The van der Waals surface area contributed by atoms with Gasteiger partial charge in [-0.05, 0) is 37.0 Å². The highest BCUT2D eigenvalue weighted by atomic mass is 32.2. The second-order valence-electron chi connectivity index (χ2n) is 7.63. The van der Waals surface area contributed by atoms with Crippen molar-refractivity contribution < 1.29 is 19.4 Å². The number of hydrogen-bond acceptors (Lipinski definition) is 5. The molecule has 1 aliphatic heterocycles. The summed E-state index contributed by atoms with van der Waals surface area (Å²) in [4.78, 5) is 28.6. The lowest BCUT2D eigenvalue weighted by atomic mass is 9.95. The van der Waals surface area contributed by atoms with Gasteiger partial charge in [0.1, 0.15) is 5.75 Å². The van der Waals surface area contributed by atoms with Crippen molar-refractivity contribution in [2.75, 3.05) is 19.0 Å². The number of rotatable bonds is 8. The molecule has 1 aromatic carbocycles. The SMILES string of the molecule is CCCOc1ccc(C2=C(SCCO)C(=O)N(C3CCCCCCC3)C2=O)cc1. The molecular formula is C23H31NO4S. The number of amides is 2. The Balaban J connectivity index is 1.87. The molecular weight excluding hydrogens is 386 g/mol. The molecule has 6 heteroatoms. The van der Waals surface area contributed by atoms with Gasteiger partial charge < -0.3 is 9.84 Å². The van der Waals surface area contributed by atoms with Crippen LogP contribution >= 0.6 is 11.8 Å². The summed E-state index contributed by atoms with van der Waals surface area (Å²) in [5.41, 5.74) is 1.21. The zero-order valence-electron chi connectivity index (χ0n) is 17.2. The Hall–Kier alpha value is -1.79. The average molecular weight is 418 g/mol. The van der Waals surface area contributed by atoms with Gasteiger partial charge in [0.25, 0.3) is 11.8 Å². The van der Waals surface area contributed by atoms with Crippen LogP contribution in [-0.2, 0) is 9.59 Å². The Labute approximate surface area is 177 Å². The van der Waals surface area contributed by atoms with Crippen LogP contribution in [-0.4, -0.2) is 46.8 Å². The average Bonchev–Trinajstić information content (AvgIpc) is 2.95. The van der Waals surface area contributed by atoms with Crippen molar-refractivity contribution in [3.8, 4) is 5.75 Å². The fourth-order valence-corrected chi connectivity index (χ4v) is 4.89. The van der Waals surface area contributed by atoms with E-state index in [0.717, 1.165) is 43.4 Å². The quantitative estimate of drug-likeness (QED) is 0.635. The zero-order valence-corrected chi connectivity index (χ0v) is 18.0. The molecule has 1 heterocycles. The van der Waals surface area contributed by atoms with Gasteiger partial charge in [0, 0.05) is 11.8 Å². The van der Waals surface area contributed by atoms with Gasteiger partial charge in [0.2, 0.25) is 0 Å². The molecule has 1 aromatic rings. The van der Waals surface area contributed by atoms with E-state index in [1.165, 1.54) is 35.9 Å². The lowest BCUT2D eigenvalue weighted by Gasteiger charge is -2.28. The van der Waals surface area contributed by atoms with Gasteiger partial charge in [-0.25, -0.2) is 0 Å². The van der Waals surface area contributed by atoms with Crippen LogP contribution in [0.1, 0.15) is 63.9 Å². The van der Waals surface area contributed by atoms with Crippen molar-refractivity contribution in [2.45, 2.75) is 64.3 Å². The Bertz CT molecular complexity index is 736. The van der Waals surface area contributed by atoms with E-state index in [4.69, 9.17) is 4.74 Å². The number of imide groups is 1. The van der Waals surface area contributed by atoms with E-state index in [2.05, 4.69) is 6.92 Å². The molecule has 0 saturated heterocycles. The van der Waals surface area contributed by atoms with Crippen LogP contribution in [0.3, 0.4) is 0 Å². The molecule has 1 saturated carbocycles. The van der Waals surface area contributed by atoms with Crippen molar-refractivity contribution in [1.82, 2.24) is 4.90 Å². The summed E-state index contributed by atoms with van der Waals surface area (Å²) in [6.07, 6.45) is 8.37. The van der Waals surface area contributed by atoms with E-state index in [-0.39, 0.29) is 24.5 Å². The summed E-state index contributed by atoms with van der Waals surface area (Å²) >= 11 is 1.28. The third-order valence-corrected chi connectivity index (χ3v) is 6.52. The molecule has 0 unspecified atom stereocenters. The summed E-state index contributed by atoms with van der Waals surface area (Å²) in [7, 11) is 0. The molecule has 2 amide bonds. The van der Waals surface area contributed by atoms with Crippen LogP contribution < -0.4 is 4.74 Å². The molecule has 0 spiro atoms. The second-order valence-corrected chi connectivity index (χ2v) is 8.73. The minimum atomic E-state index is -0.194. The highest BCUT2D eigenvalue weighted by Gasteiger charge is 2.42. The number of ether oxygens (including phenoxy) is 1. The molecule has 0 radical (unpaired) electrons. The van der Waals surface area contributed by atoms with Gasteiger partial charge in [-0.3, -0.25) is 14.5 Å². The number of carbonyl (C=O) groups is 2. The molecule has 1 fully saturated rings. The summed E-state index contributed by atoms with van der Waals surface area (Å²) < 4.78 is 5.64. The van der Waals surface area contributed by atoms with Gasteiger partial charge in [-0.15, -0.1) is 11.8 Å². The maximum absolute atomic E-state index is 13.4. The third kappa shape index (κ3) is 5.23. The van der Waals surface area contributed by atoms with Crippen molar-refractivity contribution in [3.63, 3.8) is 0 Å². The molecule has 5 nitrogen and oxygen atoms in total. The van der Waals surface area contributed by atoms with E-state index >= 15 is 0 Å². The number of benzene rings is 1. The highest BCUT2D eigenvalue weighted by molar-refractivity contribution is 8.04. The van der Waals surface area contributed by atoms with E-state index < -0.39 is 0 Å². The molecule has 2 aliphatic rings. The molecule has 158 valence electrons. The standard InChI is InChI=1S/C23H31NO4S/c1-2-15-28-19-12-10-17(11-13-19)20-21(29-16-14-25)23(27)24(22(20)26)18-8-6-4-3-5-7-9-18/h10-13,18,25H,2-9,14-16H2,1H3. The van der Waals surface area contributed by atoms with Gasteiger partial charge in [0.15, 0.2) is 0 Å². The fourth-order valence-electron chi connectivity index (χ4n) is 4.02. The van der Waals surface area contributed by atoms with Crippen molar-refractivity contribution in [2.24, 2.45) is 0 Å². The van der Waals surface area contributed by atoms with Gasteiger partial charge in [-0.1, -0.05) is 51.2 Å². The van der Waals surface area contributed by atoms with Crippen LogP contribution in [0.5, 0.6) is 5.75 Å². The van der Waals surface area contributed by atoms with E-state index in [1.54, 1.807) is 0 Å². The van der Waals surface area contributed by atoms with E-state index in [1.807, 2.05) is 24.3 Å². The van der Waals surface area contributed by atoms with Gasteiger partial charge in [-0.2, -0.15) is 0 Å². The lowest BCUT2D eigenvalue weighted by Crippen LogP contribution is -2.41. The molecule has 1 aliphatic carbocycles. The van der Waals surface area contributed by atoms with Crippen LogP contribution in [0, 0.1) is 0 Å². The first-order chi connectivity index (χ1) is 14.2. The van der Waals surface area contributed by atoms with Crippen LogP contribution in [0.15, 0.2) is 29.2 Å². The van der Waals surface area contributed by atoms with Crippen molar-refractivity contribution in [3.05, 3.63) is 34.7 Å². The van der Waals surface area contributed by atoms with E-state index in [9.17, 15) is 14.7 Å². The van der Waals surface area contributed by atoms with Crippen LogP contribution in [0.25, 0.3) is 5.57 Å². The number of nitrogens with zero attached hydrogens (tertiary/aromatic N) is 1. The number of hydrogen-bond donors (Lipinski definition) is 1. The highest BCUT2D eigenvalue weighted by Crippen LogP contribution is 2.39. The topological polar surface area (TPSA) is 66.8 Å². The molecule has 3 rings (SSSR count). The summed E-state index contributed by atoms with van der Waals surface area (Å²) in [5, 5.41) is 9.27. The number of aliphatic hydroxyl groups excluding tert-OH is 1. The first-order valence-electron chi connectivity index (χ1n) is 10.8. The van der Waals surface area contributed by atoms with Gasteiger partial charge >= 0.3 is 0 Å². The Morgan fingerprint density at radius 1 is 1.03 bits per heavy atom. The molecule has 1 N–H and O–H groups in total. The summed E-state index contributed by atoms with van der Waals surface area (Å²) in [6.45, 7) is 2.67. The minimum Gasteiger partial charge on any atom is -0.494 e.